The molecule has 0 saturated heterocycles. The summed E-state index contributed by atoms with van der Waals surface area (Å²) in [6.45, 7) is 6.08. The fourth-order valence-corrected chi connectivity index (χ4v) is 1.52. The first-order valence-electron chi connectivity index (χ1n) is 5.45. The molecule has 1 atom stereocenters. The standard InChI is InChI=1S/C11H20ClN3/c1-4-10-5-11(15(3)14-10)8-13-7-9(2)6-12/h5,9,13H,4,6-8H2,1-3H3. The number of hydrogen-bond acceptors (Lipinski definition) is 2. The molecule has 15 heavy (non-hydrogen) atoms. The van der Waals surface area contributed by atoms with Gasteiger partial charge in [-0.05, 0) is 24.9 Å². The Hall–Kier alpha value is -0.540. The molecule has 0 aromatic carbocycles. The number of alkyl halides is 1. The topological polar surface area (TPSA) is 29.9 Å². The molecule has 1 heterocycles. The van der Waals surface area contributed by atoms with Gasteiger partial charge in [0, 0.05) is 19.5 Å². The number of nitrogens with zero attached hydrogens (tertiary/aromatic N) is 2. The highest BCUT2D eigenvalue weighted by Crippen LogP contribution is 2.04. The Morgan fingerprint density at radius 3 is 2.87 bits per heavy atom. The van der Waals surface area contributed by atoms with E-state index in [1.807, 2.05) is 11.7 Å². The van der Waals surface area contributed by atoms with E-state index in [2.05, 4.69) is 30.3 Å². The predicted molar refractivity (Wildman–Crippen MR) is 64.2 cm³/mol. The Balaban J connectivity index is 2.40. The van der Waals surface area contributed by atoms with Gasteiger partial charge >= 0.3 is 0 Å². The first-order valence-corrected chi connectivity index (χ1v) is 5.99. The Labute approximate surface area is 96.8 Å². The predicted octanol–water partition coefficient (Wildman–Crippen LogP) is 1.95. The number of hydrogen-bond donors (Lipinski definition) is 1. The van der Waals surface area contributed by atoms with Crippen LogP contribution in [-0.2, 0) is 20.0 Å². The Morgan fingerprint density at radius 1 is 1.60 bits per heavy atom. The molecule has 0 aliphatic heterocycles. The number of aromatic nitrogens is 2. The van der Waals surface area contributed by atoms with E-state index in [1.54, 1.807) is 0 Å². The van der Waals surface area contributed by atoms with Crippen LogP contribution in [0.1, 0.15) is 25.2 Å². The van der Waals surface area contributed by atoms with E-state index in [0.29, 0.717) is 11.8 Å². The molecule has 0 amide bonds. The summed E-state index contributed by atoms with van der Waals surface area (Å²) in [5, 5.41) is 7.78. The molecule has 0 aliphatic rings. The molecule has 0 fully saturated rings. The molecule has 1 aromatic rings. The van der Waals surface area contributed by atoms with E-state index in [-0.39, 0.29) is 0 Å². The zero-order chi connectivity index (χ0) is 11.3. The van der Waals surface area contributed by atoms with Crippen LogP contribution in [0.2, 0.25) is 0 Å². The van der Waals surface area contributed by atoms with Gasteiger partial charge in [-0.3, -0.25) is 4.68 Å². The molecule has 1 aromatic heterocycles. The van der Waals surface area contributed by atoms with E-state index in [9.17, 15) is 0 Å². The second-order valence-corrected chi connectivity index (χ2v) is 4.30. The van der Waals surface area contributed by atoms with Crippen LogP contribution in [0, 0.1) is 5.92 Å². The third-order valence-electron chi connectivity index (χ3n) is 2.45. The van der Waals surface area contributed by atoms with Crippen molar-refractivity contribution in [2.45, 2.75) is 26.8 Å². The third kappa shape index (κ3) is 3.84. The Kier molecular flexibility index (Phi) is 5.12. The van der Waals surface area contributed by atoms with Gasteiger partial charge in [0.1, 0.15) is 0 Å². The van der Waals surface area contributed by atoms with Crippen molar-refractivity contribution in [2.75, 3.05) is 12.4 Å². The van der Waals surface area contributed by atoms with Crippen LogP contribution in [0.15, 0.2) is 6.07 Å². The average Bonchev–Trinajstić information content (AvgIpc) is 2.59. The highest BCUT2D eigenvalue weighted by Gasteiger charge is 2.04. The van der Waals surface area contributed by atoms with Crippen molar-refractivity contribution in [1.82, 2.24) is 15.1 Å². The van der Waals surface area contributed by atoms with Crippen LogP contribution in [0.3, 0.4) is 0 Å². The van der Waals surface area contributed by atoms with Crippen molar-refractivity contribution < 1.29 is 0 Å². The van der Waals surface area contributed by atoms with Crippen LogP contribution in [-0.4, -0.2) is 22.2 Å². The SMILES string of the molecule is CCc1cc(CNCC(C)CCl)n(C)n1. The maximum absolute atomic E-state index is 5.73. The highest BCUT2D eigenvalue weighted by atomic mass is 35.5. The fourth-order valence-electron chi connectivity index (χ4n) is 1.41. The van der Waals surface area contributed by atoms with E-state index in [1.165, 1.54) is 5.69 Å². The van der Waals surface area contributed by atoms with Crippen LogP contribution in [0.5, 0.6) is 0 Å². The van der Waals surface area contributed by atoms with Gasteiger partial charge < -0.3 is 5.32 Å². The quantitative estimate of drug-likeness (QED) is 0.756. The van der Waals surface area contributed by atoms with Crippen molar-refractivity contribution in [3.8, 4) is 0 Å². The Bertz CT molecular complexity index is 296. The highest BCUT2D eigenvalue weighted by molar-refractivity contribution is 6.18. The molecule has 4 heteroatoms. The first kappa shape index (κ1) is 12.5. The van der Waals surface area contributed by atoms with Gasteiger partial charge in [0.05, 0.1) is 11.4 Å². The molecule has 0 spiro atoms. The minimum Gasteiger partial charge on any atom is -0.311 e. The minimum absolute atomic E-state index is 0.519. The first-order chi connectivity index (χ1) is 7.17. The summed E-state index contributed by atoms with van der Waals surface area (Å²) in [7, 11) is 1.99. The lowest BCUT2D eigenvalue weighted by molar-refractivity contribution is 0.540. The van der Waals surface area contributed by atoms with Gasteiger partial charge in [-0.1, -0.05) is 13.8 Å². The van der Waals surface area contributed by atoms with E-state index >= 15 is 0 Å². The van der Waals surface area contributed by atoms with E-state index in [0.717, 1.165) is 25.2 Å². The normalized spacial score (nSPS) is 13.1. The van der Waals surface area contributed by atoms with Crippen molar-refractivity contribution in [2.24, 2.45) is 13.0 Å². The largest absolute Gasteiger partial charge is 0.311 e. The summed E-state index contributed by atoms with van der Waals surface area (Å²) in [6, 6.07) is 2.15. The lowest BCUT2D eigenvalue weighted by Gasteiger charge is -2.08. The molecule has 86 valence electrons. The van der Waals surface area contributed by atoms with Crippen molar-refractivity contribution in [1.29, 1.82) is 0 Å². The monoisotopic (exact) mass is 229 g/mol. The summed E-state index contributed by atoms with van der Waals surface area (Å²) in [5.74, 6) is 1.23. The maximum atomic E-state index is 5.73. The molecule has 1 N–H and O–H groups in total. The smallest absolute Gasteiger partial charge is 0.0625 e. The third-order valence-corrected chi connectivity index (χ3v) is 2.98. The zero-order valence-corrected chi connectivity index (χ0v) is 10.5. The number of rotatable bonds is 6. The summed E-state index contributed by atoms with van der Waals surface area (Å²) < 4.78 is 1.94. The number of nitrogens with one attached hydrogen (secondary N) is 1. The lowest BCUT2D eigenvalue weighted by atomic mass is 10.2. The number of halogens is 1. The molecular formula is C11H20ClN3. The molecule has 1 rings (SSSR count). The molecule has 0 bridgehead atoms. The van der Waals surface area contributed by atoms with Gasteiger partial charge in [0.15, 0.2) is 0 Å². The van der Waals surface area contributed by atoms with Crippen LogP contribution < -0.4 is 5.32 Å². The van der Waals surface area contributed by atoms with Crippen LogP contribution in [0.25, 0.3) is 0 Å². The Morgan fingerprint density at radius 2 is 2.33 bits per heavy atom. The van der Waals surface area contributed by atoms with E-state index in [4.69, 9.17) is 11.6 Å². The minimum atomic E-state index is 0.519. The average molecular weight is 230 g/mol. The second-order valence-electron chi connectivity index (χ2n) is 3.99. The van der Waals surface area contributed by atoms with E-state index < -0.39 is 0 Å². The van der Waals surface area contributed by atoms with Gasteiger partial charge in [0.2, 0.25) is 0 Å². The van der Waals surface area contributed by atoms with Gasteiger partial charge in [-0.2, -0.15) is 5.10 Å². The zero-order valence-electron chi connectivity index (χ0n) is 9.76. The fraction of sp³-hybridized carbons (Fsp3) is 0.727. The van der Waals surface area contributed by atoms with Crippen molar-refractivity contribution in [3.63, 3.8) is 0 Å². The molecule has 0 radical (unpaired) electrons. The van der Waals surface area contributed by atoms with Crippen LogP contribution in [0.4, 0.5) is 0 Å². The van der Waals surface area contributed by atoms with Crippen LogP contribution >= 0.6 is 11.6 Å². The molecule has 0 aliphatic carbocycles. The molecule has 1 unspecified atom stereocenters. The molecule has 3 nitrogen and oxygen atoms in total. The second kappa shape index (κ2) is 6.13. The summed E-state index contributed by atoms with van der Waals surface area (Å²) >= 11 is 5.73. The van der Waals surface area contributed by atoms with Gasteiger partial charge in [-0.25, -0.2) is 0 Å². The number of aryl methyl sites for hydroxylation is 2. The summed E-state index contributed by atoms with van der Waals surface area (Å²) in [4.78, 5) is 0. The summed E-state index contributed by atoms with van der Waals surface area (Å²) in [5.41, 5.74) is 2.38. The molecule has 0 saturated carbocycles. The lowest BCUT2D eigenvalue weighted by Crippen LogP contribution is -2.22. The molecular weight excluding hydrogens is 210 g/mol. The van der Waals surface area contributed by atoms with Gasteiger partial charge in [-0.15, -0.1) is 11.6 Å². The van der Waals surface area contributed by atoms with Crippen molar-refractivity contribution in [3.05, 3.63) is 17.5 Å². The summed E-state index contributed by atoms with van der Waals surface area (Å²) in [6.07, 6.45) is 0.992. The van der Waals surface area contributed by atoms with Crippen molar-refractivity contribution >= 4 is 11.6 Å². The van der Waals surface area contributed by atoms with Gasteiger partial charge in [0.25, 0.3) is 0 Å². The maximum Gasteiger partial charge on any atom is 0.0625 e.